The average molecular weight is 217 g/mol. The first-order valence-corrected chi connectivity index (χ1v) is 6.47. The van der Waals surface area contributed by atoms with Crippen molar-refractivity contribution < 1.29 is 4.79 Å². The highest BCUT2D eigenvalue weighted by atomic mass is 16.1. The number of nitrogens with one attached hydrogen (secondary N) is 1. The van der Waals surface area contributed by atoms with Crippen LogP contribution in [0.4, 0.5) is 0 Å². The summed E-state index contributed by atoms with van der Waals surface area (Å²) in [7, 11) is 0. The lowest BCUT2D eigenvalue weighted by molar-refractivity contribution is -0.119. The van der Waals surface area contributed by atoms with E-state index in [2.05, 4.69) is 19.2 Å². The van der Waals surface area contributed by atoms with Crippen molar-refractivity contribution in [1.29, 1.82) is 0 Å². The molecule has 0 heterocycles. The highest BCUT2D eigenvalue weighted by Crippen LogP contribution is 2.03. The lowest BCUT2D eigenvalue weighted by atomic mass is 10.1. The SMILES string of the molecule is CC.CC.CCCCC(CC)NC(C)=O. The molecule has 0 aliphatic rings. The van der Waals surface area contributed by atoms with E-state index in [4.69, 9.17) is 0 Å². The van der Waals surface area contributed by atoms with Crippen LogP contribution in [-0.4, -0.2) is 11.9 Å². The standard InChI is InChI=1S/C9H19NO.2C2H6/c1-4-6-7-9(5-2)10-8(3)11;2*1-2/h9H,4-7H2,1-3H3,(H,10,11);2*1-2H3. The molecule has 0 aromatic rings. The Kier molecular flexibility index (Phi) is 25.4. The summed E-state index contributed by atoms with van der Waals surface area (Å²) >= 11 is 0. The fourth-order valence-electron chi connectivity index (χ4n) is 1.12. The zero-order chi connectivity index (χ0) is 12.7. The van der Waals surface area contributed by atoms with Gasteiger partial charge in [0.15, 0.2) is 0 Å². The molecule has 0 rings (SSSR count). The number of carbonyl (C=O) groups is 1. The molecule has 1 atom stereocenters. The Morgan fingerprint density at radius 2 is 1.60 bits per heavy atom. The van der Waals surface area contributed by atoms with Crippen LogP contribution >= 0.6 is 0 Å². The molecule has 0 fully saturated rings. The maximum atomic E-state index is 10.7. The third kappa shape index (κ3) is 19.8. The highest BCUT2D eigenvalue weighted by Gasteiger charge is 2.05. The summed E-state index contributed by atoms with van der Waals surface area (Å²) in [6, 6.07) is 0.396. The fraction of sp³-hybridized carbons (Fsp3) is 0.923. The first kappa shape index (κ1) is 20.0. The fourth-order valence-corrected chi connectivity index (χ4v) is 1.12. The van der Waals surface area contributed by atoms with Crippen molar-refractivity contribution in [3.63, 3.8) is 0 Å². The Bertz CT molecular complexity index is 113. The van der Waals surface area contributed by atoms with Crippen molar-refractivity contribution in [2.24, 2.45) is 0 Å². The summed E-state index contributed by atoms with van der Waals surface area (Å²) in [5.74, 6) is 0.0907. The molecular weight excluding hydrogens is 186 g/mol. The van der Waals surface area contributed by atoms with Gasteiger partial charge in [0.05, 0.1) is 0 Å². The van der Waals surface area contributed by atoms with Gasteiger partial charge in [-0.3, -0.25) is 4.79 Å². The predicted octanol–water partition coefficient (Wildman–Crippen LogP) is 4.14. The van der Waals surface area contributed by atoms with Crippen LogP contribution in [0.2, 0.25) is 0 Å². The predicted molar refractivity (Wildman–Crippen MR) is 70.1 cm³/mol. The largest absolute Gasteiger partial charge is 0.354 e. The molecule has 0 bridgehead atoms. The second-order valence-electron chi connectivity index (χ2n) is 2.95. The molecule has 0 spiro atoms. The van der Waals surface area contributed by atoms with Gasteiger partial charge >= 0.3 is 0 Å². The van der Waals surface area contributed by atoms with Crippen LogP contribution in [0.1, 0.15) is 74.1 Å². The van der Waals surface area contributed by atoms with E-state index in [9.17, 15) is 4.79 Å². The van der Waals surface area contributed by atoms with E-state index in [1.807, 2.05) is 27.7 Å². The number of carbonyl (C=O) groups excluding carboxylic acids is 1. The summed E-state index contributed by atoms with van der Waals surface area (Å²) in [6.07, 6.45) is 4.57. The van der Waals surface area contributed by atoms with Gasteiger partial charge in [-0.25, -0.2) is 0 Å². The van der Waals surface area contributed by atoms with Crippen LogP contribution < -0.4 is 5.32 Å². The molecule has 15 heavy (non-hydrogen) atoms. The van der Waals surface area contributed by atoms with Gasteiger partial charge < -0.3 is 5.32 Å². The topological polar surface area (TPSA) is 29.1 Å². The van der Waals surface area contributed by atoms with Crippen molar-refractivity contribution in [3.05, 3.63) is 0 Å². The third-order valence-corrected chi connectivity index (χ3v) is 1.81. The summed E-state index contributed by atoms with van der Waals surface area (Å²) in [5.41, 5.74) is 0. The zero-order valence-electron chi connectivity index (χ0n) is 11.8. The smallest absolute Gasteiger partial charge is 0.217 e. The third-order valence-electron chi connectivity index (χ3n) is 1.81. The number of hydrogen-bond acceptors (Lipinski definition) is 1. The zero-order valence-corrected chi connectivity index (χ0v) is 11.8. The molecule has 0 aliphatic carbocycles. The van der Waals surface area contributed by atoms with E-state index in [-0.39, 0.29) is 5.91 Å². The lowest BCUT2D eigenvalue weighted by Crippen LogP contribution is -2.32. The normalized spacial score (nSPS) is 10.1. The van der Waals surface area contributed by atoms with Gasteiger partial charge in [0.1, 0.15) is 0 Å². The van der Waals surface area contributed by atoms with Crippen LogP contribution in [0.3, 0.4) is 0 Å². The number of rotatable bonds is 5. The summed E-state index contributed by atoms with van der Waals surface area (Å²) in [5, 5.41) is 2.93. The van der Waals surface area contributed by atoms with Crippen LogP contribution in [0.5, 0.6) is 0 Å². The van der Waals surface area contributed by atoms with Crippen LogP contribution in [-0.2, 0) is 4.79 Å². The first-order chi connectivity index (χ1) is 7.20. The van der Waals surface area contributed by atoms with Crippen molar-refractivity contribution in [2.75, 3.05) is 0 Å². The molecular formula is C13H31NO. The molecule has 0 aromatic carbocycles. The maximum absolute atomic E-state index is 10.7. The molecule has 0 radical (unpaired) electrons. The molecule has 0 aromatic heterocycles. The molecule has 1 N–H and O–H groups in total. The van der Waals surface area contributed by atoms with Crippen LogP contribution in [0.25, 0.3) is 0 Å². The van der Waals surface area contributed by atoms with E-state index >= 15 is 0 Å². The minimum atomic E-state index is 0.0907. The van der Waals surface area contributed by atoms with Crippen molar-refractivity contribution in [3.8, 4) is 0 Å². The monoisotopic (exact) mass is 217 g/mol. The van der Waals surface area contributed by atoms with Crippen molar-refractivity contribution in [2.45, 2.75) is 80.2 Å². The first-order valence-electron chi connectivity index (χ1n) is 6.47. The molecule has 1 unspecified atom stereocenters. The molecule has 0 aliphatic heterocycles. The van der Waals surface area contributed by atoms with Crippen molar-refractivity contribution >= 4 is 5.91 Å². The van der Waals surface area contributed by atoms with Crippen molar-refractivity contribution in [1.82, 2.24) is 5.32 Å². The Labute approximate surface area is 96.8 Å². The second kappa shape index (κ2) is 19.1. The molecule has 0 saturated carbocycles. The molecule has 1 amide bonds. The highest BCUT2D eigenvalue weighted by molar-refractivity contribution is 5.73. The van der Waals surface area contributed by atoms with Crippen LogP contribution in [0.15, 0.2) is 0 Å². The van der Waals surface area contributed by atoms with Gasteiger partial charge in [-0.1, -0.05) is 54.4 Å². The molecule has 0 saturated heterocycles. The van der Waals surface area contributed by atoms with Gasteiger partial charge in [0.2, 0.25) is 5.91 Å². The Hall–Kier alpha value is -0.530. The quantitative estimate of drug-likeness (QED) is 0.736. The molecule has 2 heteroatoms. The van der Waals surface area contributed by atoms with Gasteiger partial charge in [0, 0.05) is 13.0 Å². The number of amides is 1. The summed E-state index contributed by atoms with van der Waals surface area (Å²) in [4.78, 5) is 10.7. The van der Waals surface area contributed by atoms with Crippen LogP contribution in [0, 0.1) is 0 Å². The Morgan fingerprint density at radius 1 is 1.13 bits per heavy atom. The van der Waals surface area contributed by atoms with E-state index in [0.717, 1.165) is 12.8 Å². The van der Waals surface area contributed by atoms with Gasteiger partial charge in [-0.05, 0) is 12.8 Å². The minimum absolute atomic E-state index is 0.0907. The maximum Gasteiger partial charge on any atom is 0.217 e. The summed E-state index contributed by atoms with van der Waals surface area (Å²) in [6.45, 7) is 13.9. The van der Waals surface area contributed by atoms with Gasteiger partial charge in [-0.15, -0.1) is 0 Å². The van der Waals surface area contributed by atoms with Gasteiger partial charge in [-0.2, -0.15) is 0 Å². The van der Waals surface area contributed by atoms with E-state index in [0.29, 0.717) is 6.04 Å². The number of hydrogen-bond donors (Lipinski definition) is 1. The lowest BCUT2D eigenvalue weighted by Gasteiger charge is -2.14. The second-order valence-corrected chi connectivity index (χ2v) is 2.95. The molecule has 2 nitrogen and oxygen atoms in total. The average Bonchev–Trinajstić information content (AvgIpc) is 2.29. The molecule has 94 valence electrons. The van der Waals surface area contributed by atoms with E-state index in [1.54, 1.807) is 6.92 Å². The summed E-state index contributed by atoms with van der Waals surface area (Å²) < 4.78 is 0. The Balaban J connectivity index is -0.000000318. The minimum Gasteiger partial charge on any atom is -0.354 e. The number of unbranched alkanes of at least 4 members (excludes halogenated alkanes) is 1. The van der Waals surface area contributed by atoms with E-state index < -0.39 is 0 Å². The van der Waals surface area contributed by atoms with E-state index in [1.165, 1.54) is 12.8 Å². The van der Waals surface area contributed by atoms with Gasteiger partial charge in [0.25, 0.3) is 0 Å². The Morgan fingerprint density at radius 3 is 1.87 bits per heavy atom.